The van der Waals surface area contributed by atoms with E-state index < -0.39 is 18.2 Å². The van der Waals surface area contributed by atoms with Gasteiger partial charge in [0.25, 0.3) is 0 Å². The number of carbonyl (C=O) groups excluding carboxylic acids is 1. The molecule has 1 amide bonds. The van der Waals surface area contributed by atoms with Crippen LogP contribution < -0.4 is 5.32 Å². The standard InChI is InChI=1S/C14H24N2O4/c1-10(9-16-6-2-3-7-16)8-15-13(17)11-4-5-12(20-11)14(18)19/h10-12H,2-9H2,1H3,(H,15,17)(H,18,19)/t10?,11-,12+/m0/s1. The quantitative estimate of drug-likeness (QED) is 0.741. The largest absolute Gasteiger partial charge is 0.479 e. The number of hydrogen-bond donors (Lipinski definition) is 2. The van der Waals surface area contributed by atoms with Crippen LogP contribution in [0, 0.1) is 5.92 Å². The molecule has 0 spiro atoms. The van der Waals surface area contributed by atoms with E-state index in [4.69, 9.17) is 9.84 Å². The molecule has 0 aromatic rings. The van der Waals surface area contributed by atoms with Gasteiger partial charge in [0.2, 0.25) is 5.91 Å². The smallest absolute Gasteiger partial charge is 0.332 e. The number of carboxylic acids is 1. The van der Waals surface area contributed by atoms with E-state index in [1.165, 1.54) is 12.8 Å². The molecule has 0 saturated carbocycles. The van der Waals surface area contributed by atoms with Gasteiger partial charge >= 0.3 is 5.97 Å². The number of aliphatic carboxylic acids is 1. The normalized spacial score (nSPS) is 28.4. The topological polar surface area (TPSA) is 78.9 Å². The Kier molecular flexibility index (Phi) is 5.37. The molecule has 0 bridgehead atoms. The van der Waals surface area contributed by atoms with Crippen molar-refractivity contribution in [1.29, 1.82) is 0 Å². The van der Waals surface area contributed by atoms with Crippen molar-refractivity contribution in [2.24, 2.45) is 5.92 Å². The molecule has 114 valence electrons. The summed E-state index contributed by atoms with van der Waals surface area (Å²) in [6, 6.07) is 0. The molecule has 0 aromatic carbocycles. The van der Waals surface area contributed by atoms with Gasteiger partial charge in [-0.25, -0.2) is 4.79 Å². The Morgan fingerprint density at radius 1 is 1.30 bits per heavy atom. The van der Waals surface area contributed by atoms with Crippen molar-refractivity contribution in [3.63, 3.8) is 0 Å². The first-order valence-corrected chi connectivity index (χ1v) is 7.44. The molecule has 2 heterocycles. The van der Waals surface area contributed by atoms with Crippen molar-refractivity contribution in [2.75, 3.05) is 26.2 Å². The van der Waals surface area contributed by atoms with Gasteiger partial charge in [-0.3, -0.25) is 4.79 Å². The summed E-state index contributed by atoms with van der Waals surface area (Å²) < 4.78 is 5.23. The van der Waals surface area contributed by atoms with Gasteiger partial charge < -0.3 is 20.1 Å². The number of ether oxygens (including phenoxy) is 1. The Morgan fingerprint density at radius 2 is 1.95 bits per heavy atom. The lowest BCUT2D eigenvalue weighted by atomic mass is 10.1. The SMILES string of the molecule is CC(CNC(=O)[C@@H]1CC[C@H](C(=O)O)O1)CN1CCCC1. The van der Waals surface area contributed by atoms with Gasteiger partial charge in [0.1, 0.15) is 6.10 Å². The number of nitrogens with one attached hydrogen (secondary N) is 1. The maximum absolute atomic E-state index is 11.9. The van der Waals surface area contributed by atoms with Crippen LogP contribution in [-0.2, 0) is 14.3 Å². The first-order chi connectivity index (χ1) is 9.56. The summed E-state index contributed by atoms with van der Waals surface area (Å²) in [5.41, 5.74) is 0. The van der Waals surface area contributed by atoms with Crippen LogP contribution in [0.5, 0.6) is 0 Å². The zero-order chi connectivity index (χ0) is 14.5. The summed E-state index contributed by atoms with van der Waals surface area (Å²) in [6.45, 7) is 6.05. The number of amides is 1. The first kappa shape index (κ1) is 15.3. The second-order valence-corrected chi connectivity index (χ2v) is 5.89. The van der Waals surface area contributed by atoms with Crippen molar-refractivity contribution in [3.8, 4) is 0 Å². The van der Waals surface area contributed by atoms with Crippen LogP contribution >= 0.6 is 0 Å². The number of nitrogens with zero attached hydrogens (tertiary/aromatic N) is 1. The average molecular weight is 284 g/mol. The van der Waals surface area contributed by atoms with Crippen molar-refractivity contribution in [1.82, 2.24) is 10.2 Å². The molecule has 2 fully saturated rings. The first-order valence-electron chi connectivity index (χ1n) is 7.44. The van der Waals surface area contributed by atoms with Crippen molar-refractivity contribution < 1.29 is 19.4 Å². The fraction of sp³-hybridized carbons (Fsp3) is 0.857. The average Bonchev–Trinajstić information content (AvgIpc) is 3.06. The summed E-state index contributed by atoms with van der Waals surface area (Å²) in [6.07, 6.45) is 2.01. The number of hydrogen-bond acceptors (Lipinski definition) is 4. The number of rotatable bonds is 6. The Morgan fingerprint density at radius 3 is 2.55 bits per heavy atom. The highest BCUT2D eigenvalue weighted by Gasteiger charge is 2.34. The highest BCUT2D eigenvalue weighted by Crippen LogP contribution is 2.20. The summed E-state index contributed by atoms with van der Waals surface area (Å²) in [4.78, 5) is 25.1. The lowest BCUT2D eigenvalue weighted by Crippen LogP contribution is -2.40. The van der Waals surface area contributed by atoms with Crippen LogP contribution in [0.3, 0.4) is 0 Å². The monoisotopic (exact) mass is 284 g/mol. The van der Waals surface area contributed by atoms with Crippen molar-refractivity contribution >= 4 is 11.9 Å². The van der Waals surface area contributed by atoms with Crippen LogP contribution in [0.25, 0.3) is 0 Å². The van der Waals surface area contributed by atoms with E-state index in [1.54, 1.807) is 0 Å². The van der Waals surface area contributed by atoms with Gasteiger partial charge in [-0.1, -0.05) is 6.92 Å². The lowest BCUT2D eigenvalue weighted by molar-refractivity contribution is -0.151. The van der Waals surface area contributed by atoms with Gasteiger partial charge in [-0.2, -0.15) is 0 Å². The van der Waals surface area contributed by atoms with E-state index in [2.05, 4.69) is 17.1 Å². The summed E-state index contributed by atoms with van der Waals surface area (Å²) >= 11 is 0. The lowest BCUT2D eigenvalue weighted by Gasteiger charge is -2.21. The maximum Gasteiger partial charge on any atom is 0.332 e. The third kappa shape index (κ3) is 4.18. The molecule has 1 unspecified atom stereocenters. The number of carbonyl (C=O) groups is 2. The summed E-state index contributed by atoms with van der Waals surface area (Å²) in [5, 5.41) is 11.7. The number of likely N-dealkylation sites (tertiary alicyclic amines) is 1. The van der Waals surface area contributed by atoms with E-state index in [1.807, 2.05) is 0 Å². The molecule has 3 atom stereocenters. The summed E-state index contributed by atoms with van der Waals surface area (Å²) in [7, 11) is 0. The zero-order valence-corrected chi connectivity index (χ0v) is 12.0. The molecule has 6 heteroatoms. The van der Waals surface area contributed by atoms with Crippen LogP contribution in [0.4, 0.5) is 0 Å². The molecule has 2 aliphatic heterocycles. The van der Waals surface area contributed by atoms with Gasteiger partial charge in [-0.05, 0) is 44.7 Å². The minimum atomic E-state index is -0.984. The Labute approximate surface area is 119 Å². The Balaban J connectivity index is 1.65. The highest BCUT2D eigenvalue weighted by atomic mass is 16.5. The second kappa shape index (κ2) is 7.04. The van der Waals surface area contributed by atoms with Gasteiger partial charge in [0, 0.05) is 13.1 Å². The van der Waals surface area contributed by atoms with E-state index in [0.717, 1.165) is 19.6 Å². The molecule has 20 heavy (non-hydrogen) atoms. The molecule has 6 nitrogen and oxygen atoms in total. The van der Waals surface area contributed by atoms with Crippen molar-refractivity contribution in [2.45, 2.75) is 44.8 Å². The molecule has 2 saturated heterocycles. The maximum atomic E-state index is 11.9. The number of carboxylic acid groups (broad SMARTS) is 1. The van der Waals surface area contributed by atoms with Gasteiger partial charge in [0.05, 0.1) is 0 Å². The van der Waals surface area contributed by atoms with Crippen LogP contribution in [0.2, 0.25) is 0 Å². The molecule has 0 aromatic heterocycles. The molecule has 2 N–H and O–H groups in total. The zero-order valence-electron chi connectivity index (χ0n) is 12.0. The predicted molar refractivity (Wildman–Crippen MR) is 73.4 cm³/mol. The van der Waals surface area contributed by atoms with Crippen LogP contribution in [-0.4, -0.2) is 60.3 Å². The minimum absolute atomic E-state index is 0.179. The third-order valence-electron chi connectivity index (χ3n) is 3.98. The van der Waals surface area contributed by atoms with E-state index in [0.29, 0.717) is 25.3 Å². The fourth-order valence-corrected chi connectivity index (χ4v) is 2.87. The third-order valence-corrected chi connectivity index (χ3v) is 3.98. The molecular formula is C14H24N2O4. The van der Waals surface area contributed by atoms with E-state index >= 15 is 0 Å². The Bertz CT molecular complexity index is 355. The minimum Gasteiger partial charge on any atom is -0.479 e. The predicted octanol–water partition coefficient (Wildman–Crippen LogP) is 0.467. The van der Waals surface area contributed by atoms with Gasteiger partial charge in [0.15, 0.2) is 6.10 Å². The van der Waals surface area contributed by atoms with E-state index in [9.17, 15) is 9.59 Å². The molecular weight excluding hydrogens is 260 g/mol. The van der Waals surface area contributed by atoms with Gasteiger partial charge in [-0.15, -0.1) is 0 Å². The molecule has 0 aliphatic carbocycles. The van der Waals surface area contributed by atoms with Crippen molar-refractivity contribution in [3.05, 3.63) is 0 Å². The van der Waals surface area contributed by atoms with Crippen LogP contribution in [0.1, 0.15) is 32.6 Å². The fourth-order valence-electron chi connectivity index (χ4n) is 2.87. The molecule has 2 rings (SSSR count). The molecule has 2 aliphatic rings. The van der Waals surface area contributed by atoms with Crippen LogP contribution in [0.15, 0.2) is 0 Å². The second-order valence-electron chi connectivity index (χ2n) is 5.89. The summed E-state index contributed by atoms with van der Waals surface area (Å²) in [5.74, 6) is -0.765. The molecule has 0 radical (unpaired) electrons. The Hall–Kier alpha value is -1.14. The van der Waals surface area contributed by atoms with E-state index in [-0.39, 0.29) is 5.91 Å². The highest BCUT2D eigenvalue weighted by molar-refractivity contribution is 5.82.